The first kappa shape index (κ1) is 42.7. The topological polar surface area (TPSA) is 55.4 Å². The monoisotopic (exact) mass is 979 g/mol. The average Bonchev–Trinajstić information content (AvgIpc) is 4.25. The van der Waals surface area contributed by atoms with Gasteiger partial charge in [-0.25, -0.2) is 0 Å². The van der Waals surface area contributed by atoms with Gasteiger partial charge in [-0.2, -0.15) is 13.3 Å². The number of fused-ring (bicyclic) bond motifs is 6. The largest absolute Gasteiger partial charge is 1.00 e. The fourth-order valence-electron chi connectivity index (χ4n) is 7.48. The third kappa shape index (κ3) is 12.9. The first-order valence-corrected chi connectivity index (χ1v) is 25.5. The van der Waals surface area contributed by atoms with Crippen LogP contribution in [-0.2, 0) is 28.0 Å². The van der Waals surface area contributed by atoms with E-state index in [1.807, 2.05) is 148 Å². The van der Waals surface area contributed by atoms with Gasteiger partial charge in [-0.1, -0.05) is 140 Å². The van der Waals surface area contributed by atoms with Gasteiger partial charge in [0.15, 0.2) is 0 Å². The maximum Gasteiger partial charge on any atom is 1.00 e. The Morgan fingerprint density at radius 2 is 1.01 bits per heavy atom. The summed E-state index contributed by atoms with van der Waals surface area (Å²) in [6.07, 6.45) is 6.00. The van der Waals surface area contributed by atoms with E-state index in [0.717, 1.165) is 59.0 Å². The van der Waals surface area contributed by atoms with Gasteiger partial charge in [-0.3, -0.25) is 0 Å². The fraction of sp³-hybridized carbons (Fsp3) is 0.373. The van der Waals surface area contributed by atoms with Crippen molar-refractivity contribution in [2.45, 2.75) is 131 Å². The van der Waals surface area contributed by atoms with Crippen molar-refractivity contribution in [3.05, 3.63) is 146 Å². The van der Waals surface area contributed by atoms with E-state index in [2.05, 4.69) is 20.3 Å². The summed E-state index contributed by atoms with van der Waals surface area (Å²) in [6.45, 7) is 26.2. The molecule has 5 heterocycles. The molecule has 0 radical (unpaired) electrons. The second-order valence-electron chi connectivity index (χ2n) is 19.2. The van der Waals surface area contributed by atoms with Crippen molar-refractivity contribution in [3.8, 4) is 22.3 Å². The molecule has 6 aromatic carbocycles. The molecule has 3 saturated heterocycles. The maximum atomic E-state index is 8.44. The number of benzene rings is 6. The van der Waals surface area contributed by atoms with Crippen LogP contribution in [0, 0.1) is 6.42 Å². The molecular weight excluding hydrogens is 897 g/mol. The van der Waals surface area contributed by atoms with E-state index in [0.29, 0.717) is 11.1 Å². The number of thiophene rings is 2. The normalized spacial score (nSPS) is 19.2. The quantitative estimate of drug-likeness (QED) is 0.122. The molecular formula is C59H71B2LiO6S2. The summed E-state index contributed by atoms with van der Waals surface area (Å²) in [5.41, 5.74) is 1.20. The number of hydrogen-bond acceptors (Lipinski definition) is 8. The van der Waals surface area contributed by atoms with Crippen LogP contribution in [0.2, 0.25) is 0 Å². The van der Waals surface area contributed by atoms with Crippen molar-refractivity contribution < 1.29 is 60.6 Å². The first-order valence-electron chi connectivity index (χ1n) is 28.8. The predicted octanol–water partition coefficient (Wildman–Crippen LogP) is 13.2. The van der Waals surface area contributed by atoms with Crippen molar-refractivity contribution in [1.29, 1.82) is 0 Å². The molecule has 2 aromatic heterocycles. The maximum absolute atomic E-state index is 8.44. The molecule has 0 bridgehead atoms. The Morgan fingerprint density at radius 3 is 1.49 bits per heavy atom. The molecule has 0 spiro atoms. The van der Waals surface area contributed by atoms with E-state index in [9.17, 15) is 0 Å². The fourth-order valence-corrected chi connectivity index (χ4v) is 10.0. The standard InChI is InChI=1S/C24H23BO2S.C18H12S.C9H19BO3.C4H8O.C4H9.Li/c1-23(2)24(3,4)27-25(26-23)20-15-9-14-19-18-13-8-12-17(21(18)28-22(19)20)16-10-6-5-7-11-16;1-2-7-13(8-3-1)14-10-6-11-16-15-9-4-5-12-17(15)19-18(14)16;1-7(2)11-10-12-8(3,4)9(5,6)13-10;1-2-4-5-3-1;1-3-4-2;/h5-15H,1-4H3;1-12H;7H,1-6H3;1-4H2;3H,4H2,1-2H3;/q;;;;-1;+1/i5D,6D,7D,10D,11D;1D,2D,3D,7D,8D;;;;. The minimum Gasteiger partial charge on any atom is -0.399 e. The smallest absolute Gasteiger partial charge is 0.399 e. The Kier molecular flexibility index (Phi) is 14.8. The molecule has 11 heteroatoms. The van der Waals surface area contributed by atoms with E-state index in [4.69, 9.17) is 41.7 Å². The summed E-state index contributed by atoms with van der Waals surface area (Å²) in [4.78, 5) is 0. The molecule has 11 rings (SSSR count). The second-order valence-corrected chi connectivity index (χ2v) is 21.3. The molecule has 0 amide bonds. The van der Waals surface area contributed by atoms with Crippen LogP contribution in [0.3, 0.4) is 0 Å². The summed E-state index contributed by atoms with van der Waals surface area (Å²) >= 11 is 3.11. The Balaban J connectivity index is 0.000000191. The van der Waals surface area contributed by atoms with Crippen LogP contribution < -0.4 is 24.3 Å². The number of hydrogen-bond donors (Lipinski definition) is 0. The molecule has 8 aromatic rings. The van der Waals surface area contributed by atoms with E-state index in [-0.39, 0.29) is 108 Å². The molecule has 0 saturated carbocycles. The molecule has 70 heavy (non-hydrogen) atoms. The van der Waals surface area contributed by atoms with Crippen molar-refractivity contribution in [2.24, 2.45) is 0 Å². The molecule has 6 nitrogen and oxygen atoms in total. The van der Waals surface area contributed by atoms with Crippen molar-refractivity contribution in [3.63, 3.8) is 0 Å². The predicted molar refractivity (Wildman–Crippen MR) is 298 cm³/mol. The minimum absolute atomic E-state index is 0. The third-order valence-electron chi connectivity index (χ3n) is 12.9. The van der Waals surface area contributed by atoms with Crippen molar-refractivity contribution in [2.75, 3.05) is 13.2 Å². The zero-order chi connectivity index (χ0) is 58.1. The van der Waals surface area contributed by atoms with Crippen LogP contribution >= 0.6 is 22.7 Å². The van der Waals surface area contributed by atoms with Crippen molar-refractivity contribution in [1.82, 2.24) is 0 Å². The number of rotatable bonds is 6. The zero-order valence-corrected chi connectivity index (χ0v) is 44.7. The van der Waals surface area contributed by atoms with E-state index < -0.39 is 25.6 Å². The molecule has 362 valence electrons. The Hall–Kier alpha value is -3.75. The molecule has 3 fully saturated rings. The van der Waals surface area contributed by atoms with Crippen LogP contribution in [0.15, 0.2) is 139 Å². The molecule has 0 atom stereocenters. The molecule has 0 aliphatic carbocycles. The van der Waals surface area contributed by atoms with Gasteiger partial charge < -0.3 is 34.4 Å². The zero-order valence-electron chi connectivity index (χ0n) is 53.1. The Labute approximate surface area is 453 Å². The van der Waals surface area contributed by atoms with E-state index >= 15 is 0 Å². The van der Waals surface area contributed by atoms with Crippen LogP contribution in [-0.4, -0.2) is 56.2 Å². The van der Waals surface area contributed by atoms with Gasteiger partial charge in [-0.15, -0.1) is 22.7 Å². The summed E-state index contributed by atoms with van der Waals surface area (Å²) < 4.78 is 119. The van der Waals surface area contributed by atoms with Crippen LogP contribution in [0.4, 0.5) is 0 Å². The van der Waals surface area contributed by atoms with Gasteiger partial charge in [0, 0.05) is 59.7 Å². The summed E-state index contributed by atoms with van der Waals surface area (Å²) in [6, 6.07) is 22.7. The van der Waals surface area contributed by atoms with Gasteiger partial charge in [0.05, 0.1) is 36.1 Å². The molecule has 3 aliphatic heterocycles. The first-order chi connectivity index (χ1) is 37.1. The van der Waals surface area contributed by atoms with E-state index in [1.165, 1.54) is 30.6 Å². The van der Waals surface area contributed by atoms with Crippen LogP contribution in [0.1, 0.15) is 116 Å². The molecule has 0 N–H and O–H groups in total. The summed E-state index contributed by atoms with van der Waals surface area (Å²) in [5.74, 6) is 0. The van der Waals surface area contributed by atoms with Gasteiger partial charge in [0.2, 0.25) is 0 Å². The molecule has 0 unspecified atom stereocenters. The van der Waals surface area contributed by atoms with Gasteiger partial charge >= 0.3 is 33.3 Å². The third-order valence-corrected chi connectivity index (χ3v) is 15.4. The van der Waals surface area contributed by atoms with Gasteiger partial charge in [-0.05, 0) is 116 Å². The Bertz CT molecular complexity index is 3400. The SMILES string of the molecule is C1CCOC1.CC(C)OB1OC(C)(C)C(C)(C)O1.C[CH-]CC.[2H]c1c([2H])c([2H])c(-c2cccc3c2sc2c(B4OC(C)(C)C(C)(C)O4)cccc23)c([2H])c1[2H].[2H]c1c([2H])c([2H])c(-c2cccc3c2sc2ccccc23)c([2H])c1[2H].[Li+]. The number of ether oxygens (including phenoxy) is 1. The van der Waals surface area contributed by atoms with Gasteiger partial charge in [0.1, 0.15) is 0 Å². The van der Waals surface area contributed by atoms with E-state index in [1.54, 1.807) is 11.3 Å². The van der Waals surface area contributed by atoms with Crippen molar-refractivity contribution >= 4 is 82.9 Å². The van der Waals surface area contributed by atoms with Crippen LogP contribution in [0.25, 0.3) is 62.6 Å². The second kappa shape index (κ2) is 24.3. The van der Waals surface area contributed by atoms with Gasteiger partial charge in [0.25, 0.3) is 0 Å². The Morgan fingerprint density at radius 1 is 0.586 bits per heavy atom. The summed E-state index contributed by atoms with van der Waals surface area (Å²) in [5, 5.41) is 4.15. The molecule has 3 aliphatic rings. The minimum atomic E-state index is -0.523. The van der Waals surface area contributed by atoms with Crippen LogP contribution in [0.5, 0.6) is 0 Å². The summed E-state index contributed by atoms with van der Waals surface area (Å²) in [7, 11) is -1.04. The number of unbranched alkanes of at least 4 members (excludes halogenated alkanes) is 1. The average molecular weight is 979 g/mol.